The second kappa shape index (κ2) is 8.79. The first-order valence-corrected chi connectivity index (χ1v) is 8.46. The standard InChI is InChI=1S/C18H28N2O2/c1-3-13-20(16-9-11-19-12-10-16)18(21)14-15-5-7-17(8-6-15)22-4-2/h5-8,16,19H,3-4,9-14H2,1-2H3. The van der Waals surface area contributed by atoms with Crippen LogP contribution in [-0.4, -0.2) is 43.1 Å². The minimum absolute atomic E-state index is 0.248. The molecule has 1 saturated heterocycles. The summed E-state index contributed by atoms with van der Waals surface area (Å²) in [5.74, 6) is 1.11. The zero-order chi connectivity index (χ0) is 15.8. The normalized spacial score (nSPS) is 15.5. The van der Waals surface area contributed by atoms with Crippen molar-refractivity contribution in [1.82, 2.24) is 10.2 Å². The van der Waals surface area contributed by atoms with Gasteiger partial charge in [-0.15, -0.1) is 0 Å². The lowest BCUT2D eigenvalue weighted by atomic mass is 10.0. The molecule has 0 aromatic heterocycles. The van der Waals surface area contributed by atoms with Crippen LogP contribution in [-0.2, 0) is 11.2 Å². The Kier molecular flexibility index (Phi) is 6.72. The number of hydrogen-bond donors (Lipinski definition) is 1. The molecule has 0 spiro atoms. The highest BCUT2D eigenvalue weighted by Crippen LogP contribution is 2.17. The molecule has 1 aromatic carbocycles. The summed E-state index contributed by atoms with van der Waals surface area (Å²) in [6.45, 7) is 7.67. The van der Waals surface area contributed by atoms with Gasteiger partial charge in [-0.2, -0.15) is 0 Å². The lowest BCUT2D eigenvalue weighted by molar-refractivity contribution is -0.133. The van der Waals surface area contributed by atoms with E-state index in [1.54, 1.807) is 0 Å². The molecule has 4 nitrogen and oxygen atoms in total. The molecule has 0 unspecified atom stereocenters. The van der Waals surface area contributed by atoms with Crippen LogP contribution in [0, 0.1) is 0 Å². The summed E-state index contributed by atoms with van der Waals surface area (Å²) >= 11 is 0. The Morgan fingerprint density at radius 1 is 1.23 bits per heavy atom. The van der Waals surface area contributed by atoms with Crippen molar-refractivity contribution in [1.29, 1.82) is 0 Å². The van der Waals surface area contributed by atoms with Gasteiger partial charge in [0.15, 0.2) is 0 Å². The van der Waals surface area contributed by atoms with Gasteiger partial charge in [0.1, 0.15) is 5.75 Å². The summed E-state index contributed by atoms with van der Waals surface area (Å²) in [6, 6.07) is 8.28. The van der Waals surface area contributed by atoms with E-state index in [0.29, 0.717) is 19.1 Å². The predicted octanol–water partition coefficient (Wildman–Crippen LogP) is 2.62. The van der Waals surface area contributed by atoms with Gasteiger partial charge < -0.3 is 15.0 Å². The Morgan fingerprint density at radius 3 is 2.50 bits per heavy atom. The quantitative estimate of drug-likeness (QED) is 0.842. The number of carbonyl (C=O) groups is 1. The second-order valence-electron chi connectivity index (χ2n) is 5.82. The Bertz CT molecular complexity index is 453. The molecule has 2 rings (SSSR count). The zero-order valence-electron chi connectivity index (χ0n) is 13.8. The number of benzene rings is 1. The van der Waals surface area contributed by atoms with Gasteiger partial charge in [0, 0.05) is 12.6 Å². The summed E-state index contributed by atoms with van der Waals surface area (Å²) in [5.41, 5.74) is 1.06. The highest BCUT2D eigenvalue weighted by molar-refractivity contribution is 5.79. The molecular formula is C18H28N2O2. The van der Waals surface area contributed by atoms with E-state index in [1.165, 1.54) is 0 Å². The Labute approximate surface area is 133 Å². The Balaban J connectivity index is 1.97. The fourth-order valence-corrected chi connectivity index (χ4v) is 3.02. The van der Waals surface area contributed by atoms with Crippen molar-refractivity contribution in [3.05, 3.63) is 29.8 Å². The molecule has 122 valence electrons. The maximum Gasteiger partial charge on any atom is 0.227 e. The molecule has 1 heterocycles. The van der Waals surface area contributed by atoms with Crippen LogP contribution in [0.5, 0.6) is 5.75 Å². The molecule has 1 aromatic rings. The van der Waals surface area contributed by atoms with Crippen molar-refractivity contribution in [2.24, 2.45) is 0 Å². The van der Waals surface area contributed by atoms with Gasteiger partial charge in [0.25, 0.3) is 0 Å². The summed E-state index contributed by atoms with van der Waals surface area (Å²) in [6.07, 6.45) is 3.62. The number of rotatable bonds is 7. The van der Waals surface area contributed by atoms with E-state index in [2.05, 4.69) is 17.1 Å². The smallest absolute Gasteiger partial charge is 0.227 e. The molecule has 0 atom stereocenters. The number of ether oxygens (including phenoxy) is 1. The van der Waals surface area contributed by atoms with E-state index >= 15 is 0 Å². The van der Waals surface area contributed by atoms with Crippen LogP contribution in [0.2, 0.25) is 0 Å². The SMILES string of the molecule is CCCN(C(=O)Cc1ccc(OCC)cc1)C1CCNCC1. The minimum Gasteiger partial charge on any atom is -0.494 e. The van der Waals surface area contributed by atoms with Crippen molar-refractivity contribution in [3.63, 3.8) is 0 Å². The summed E-state index contributed by atoms with van der Waals surface area (Å²) < 4.78 is 5.44. The number of nitrogens with zero attached hydrogens (tertiary/aromatic N) is 1. The first-order chi connectivity index (χ1) is 10.7. The van der Waals surface area contributed by atoms with Crippen LogP contribution in [0.1, 0.15) is 38.7 Å². The third-order valence-corrected chi connectivity index (χ3v) is 4.12. The molecule has 1 amide bonds. The van der Waals surface area contributed by atoms with Gasteiger partial charge in [-0.3, -0.25) is 4.79 Å². The maximum atomic E-state index is 12.7. The van der Waals surface area contributed by atoms with E-state index in [1.807, 2.05) is 31.2 Å². The molecule has 4 heteroatoms. The van der Waals surface area contributed by atoms with Crippen LogP contribution >= 0.6 is 0 Å². The lowest BCUT2D eigenvalue weighted by Crippen LogP contribution is -2.47. The topological polar surface area (TPSA) is 41.6 Å². The van der Waals surface area contributed by atoms with E-state index in [-0.39, 0.29) is 5.91 Å². The van der Waals surface area contributed by atoms with Gasteiger partial charge in [0.2, 0.25) is 5.91 Å². The largest absolute Gasteiger partial charge is 0.494 e. The molecule has 1 N–H and O–H groups in total. The number of amides is 1. The van der Waals surface area contributed by atoms with Gasteiger partial charge in [0.05, 0.1) is 13.0 Å². The van der Waals surface area contributed by atoms with E-state index in [4.69, 9.17) is 4.74 Å². The third kappa shape index (κ3) is 4.73. The Morgan fingerprint density at radius 2 is 1.91 bits per heavy atom. The fraction of sp³-hybridized carbons (Fsp3) is 0.611. The predicted molar refractivity (Wildman–Crippen MR) is 89.2 cm³/mol. The average molecular weight is 304 g/mol. The second-order valence-corrected chi connectivity index (χ2v) is 5.82. The molecule has 22 heavy (non-hydrogen) atoms. The van der Waals surface area contributed by atoms with Crippen LogP contribution in [0.3, 0.4) is 0 Å². The third-order valence-electron chi connectivity index (χ3n) is 4.12. The number of nitrogens with one attached hydrogen (secondary N) is 1. The average Bonchev–Trinajstić information content (AvgIpc) is 2.55. The van der Waals surface area contributed by atoms with Crippen molar-refractivity contribution in [2.45, 2.75) is 45.6 Å². The monoisotopic (exact) mass is 304 g/mol. The first-order valence-electron chi connectivity index (χ1n) is 8.46. The van der Waals surface area contributed by atoms with E-state index in [9.17, 15) is 4.79 Å². The zero-order valence-corrected chi connectivity index (χ0v) is 13.8. The van der Waals surface area contributed by atoms with Crippen molar-refractivity contribution < 1.29 is 9.53 Å². The van der Waals surface area contributed by atoms with Crippen LogP contribution in [0.25, 0.3) is 0 Å². The molecule has 0 radical (unpaired) electrons. The van der Waals surface area contributed by atoms with Crippen LogP contribution in [0.4, 0.5) is 0 Å². The van der Waals surface area contributed by atoms with Crippen LogP contribution < -0.4 is 10.1 Å². The van der Waals surface area contributed by atoms with Gasteiger partial charge >= 0.3 is 0 Å². The Hall–Kier alpha value is -1.55. The molecule has 0 bridgehead atoms. The molecule has 0 saturated carbocycles. The first kappa shape index (κ1) is 16.8. The minimum atomic E-state index is 0.248. The van der Waals surface area contributed by atoms with Crippen LogP contribution in [0.15, 0.2) is 24.3 Å². The molecular weight excluding hydrogens is 276 g/mol. The molecule has 1 fully saturated rings. The van der Waals surface area contributed by atoms with Gasteiger partial charge in [-0.1, -0.05) is 19.1 Å². The van der Waals surface area contributed by atoms with Crippen molar-refractivity contribution in [3.8, 4) is 5.75 Å². The van der Waals surface area contributed by atoms with E-state index in [0.717, 1.165) is 50.2 Å². The fourth-order valence-electron chi connectivity index (χ4n) is 3.02. The van der Waals surface area contributed by atoms with E-state index < -0.39 is 0 Å². The van der Waals surface area contributed by atoms with Crippen molar-refractivity contribution >= 4 is 5.91 Å². The molecule has 1 aliphatic rings. The van der Waals surface area contributed by atoms with Gasteiger partial charge in [-0.05, 0) is 57.0 Å². The summed E-state index contributed by atoms with van der Waals surface area (Å²) in [5, 5.41) is 3.37. The molecule has 0 aliphatic carbocycles. The highest BCUT2D eigenvalue weighted by Gasteiger charge is 2.24. The summed E-state index contributed by atoms with van der Waals surface area (Å²) in [4.78, 5) is 14.8. The number of hydrogen-bond acceptors (Lipinski definition) is 3. The lowest BCUT2D eigenvalue weighted by Gasteiger charge is -2.34. The molecule has 1 aliphatic heterocycles. The van der Waals surface area contributed by atoms with Crippen molar-refractivity contribution in [2.75, 3.05) is 26.2 Å². The number of piperidine rings is 1. The highest BCUT2D eigenvalue weighted by atomic mass is 16.5. The maximum absolute atomic E-state index is 12.7. The summed E-state index contributed by atoms with van der Waals surface area (Å²) in [7, 11) is 0. The number of carbonyl (C=O) groups excluding carboxylic acids is 1. The van der Waals surface area contributed by atoms with Gasteiger partial charge in [-0.25, -0.2) is 0 Å².